The Balaban J connectivity index is 2.45. The highest BCUT2D eigenvalue weighted by molar-refractivity contribution is 7.80. The molecule has 0 radical (unpaired) electrons. The predicted octanol–water partition coefficient (Wildman–Crippen LogP) is 0.903. The lowest BCUT2D eigenvalue weighted by atomic mass is 9.99. The van der Waals surface area contributed by atoms with E-state index in [1.807, 2.05) is 13.8 Å². The van der Waals surface area contributed by atoms with Gasteiger partial charge in [-0.25, -0.2) is 4.79 Å². The van der Waals surface area contributed by atoms with Gasteiger partial charge < -0.3 is 16.4 Å². The number of hydrogen-bond donors (Lipinski definition) is 3. The van der Waals surface area contributed by atoms with Crippen LogP contribution < -0.4 is 16.4 Å². The van der Waals surface area contributed by atoms with Gasteiger partial charge in [-0.2, -0.15) is 0 Å². The van der Waals surface area contributed by atoms with Gasteiger partial charge in [0.2, 0.25) is 0 Å². The van der Waals surface area contributed by atoms with Crippen LogP contribution in [0.4, 0.5) is 4.79 Å². The Hall–Kier alpha value is -0.840. The zero-order valence-corrected chi connectivity index (χ0v) is 9.41. The first-order valence-corrected chi connectivity index (χ1v) is 5.27. The van der Waals surface area contributed by atoms with Crippen molar-refractivity contribution in [3.05, 3.63) is 0 Å². The maximum atomic E-state index is 11.4. The summed E-state index contributed by atoms with van der Waals surface area (Å²) < 4.78 is 0. The van der Waals surface area contributed by atoms with Crippen molar-refractivity contribution in [1.82, 2.24) is 10.6 Å². The fourth-order valence-electron chi connectivity index (χ4n) is 1.02. The zero-order valence-electron chi connectivity index (χ0n) is 8.59. The summed E-state index contributed by atoms with van der Waals surface area (Å²) in [6.07, 6.45) is 2.84. The van der Waals surface area contributed by atoms with E-state index in [1.165, 1.54) is 0 Å². The fraction of sp³-hybridized carbons (Fsp3) is 0.778. The molecule has 0 aromatic heterocycles. The molecule has 0 aliphatic heterocycles. The van der Waals surface area contributed by atoms with Crippen molar-refractivity contribution in [1.29, 1.82) is 0 Å². The van der Waals surface area contributed by atoms with Gasteiger partial charge >= 0.3 is 6.03 Å². The minimum Gasteiger partial charge on any atom is -0.391 e. The van der Waals surface area contributed by atoms with Gasteiger partial charge in [0.25, 0.3) is 0 Å². The Kier molecular flexibility index (Phi) is 3.31. The molecule has 1 unspecified atom stereocenters. The van der Waals surface area contributed by atoms with Crippen LogP contribution in [0.1, 0.15) is 33.1 Å². The van der Waals surface area contributed by atoms with Gasteiger partial charge in [-0.1, -0.05) is 19.1 Å². The molecule has 2 amide bonds. The van der Waals surface area contributed by atoms with Gasteiger partial charge in [-0.05, 0) is 26.2 Å². The highest BCUT2D eigenvalue weighted by atomic mass is 32.1. The molecule has 1 atom stereocenters. The molecule has 0 aromatic carbocycles. The third-order valence-electron chi connectivity index (χ3n) is 2.55. The Labute approximate surface area is 89.6 Å². The summed E-state index contributed by atoms with van der Waals surface area (Å²) in [6, 6.07) is 0.173. The van der Waals surface area contributed by atoms with Gasteiger partial charge in [0, 0.05) is 6.04 Å². The van der Waals surface area contributed by atoms with Crippen LogP contribution in [0.5, 0.6) is 0 Å². The molecule has 4 N–H and O–H groups in total. The van der Waals surface area contributed by atoms with Gasteiger partial charge in [0.1, 0.15) is 0 Å². The molecule has 0 heterocycles. The van der Waals surface area contributed by atoms with Crippen LogP contribution in [0, 0.1) is 0 Å². The van der Waals surface area contributed by atoms with Crippen molar-refractivity contribution in [3.63, 3.8) is 0 Å². The Bertz CT molecular complexity index is 252. The molecular weight excluding hydrogens is 198 g/mol. The maximum absolute atomic E-state index is 11.4. The number of carbonyl (C=O) groups is 1. The van der Waals surface area contributed by atoms with Crippen LogP contribution in [0.2, 0.25) is 0 Å². The molecule has 80 valence electrons. The first-order chi connectivity index (χ1) is 6.48. The van der Waals surface area contributed by atoms with E-state index >= 15 is 0 Å². The molecule has 1 aliphatic carbocycles. The van der Waals surface area contributed by atoms with E-state index in [4.69, 9.17) is 18.0 Å². The second kappa shape index (κ2) is 4.13. The molecule has 0 saturated heterocycles. The molecular formula is C9H17N3OS. The Morgan fingerprint density at radius 3 is 2.57 bits per heavy atom. The van der Waals surface area contributed by atoms with Gasteiger partial charge in [-0.3, -0.25) is 0 Å². The fourth-order valence-corrected chi connectivity index (χ4v) is 1.22. The van der Waals surface area contributed by atoms with Gasteiger partial charge in [0.15, 0.2) is 0 Å². The van der Waals surface area contributed by atoms with E-state index in [0.29, 0.717) is 17.5 Å². The Morgan fingerprint density at radius 2 is 2.21 bits per heavy atom. The molecule has 1 aliphatic rings. The van der Waals surface area contributed by atoms with Crippen LogP contribution in [-0.4, -0.2) is 22.6 Å². The lowest BCUT2D eigenvalue weighted by molar-refractivity contribution is 0.233. The lowest BCUT2D eigenvalue weighted by Gasteiger charge is -2.28. The smallest absolute Gasteiger partial charge is 0.315 e. The average Bonchev–Trinajstić information content (AvgIpc) is 2.87. The number of urea groups is 1. The van der Waals surface area contributed by atoms with Gasteiger partial charge in [0.05, 0.1) is 10.5 Å². The van der Waals surface area contributed by atoms with Crippen molar-refractivity contribution in [2.24, 2.45) is 5.73 Å². The maximum Gasteiger partial charge on any atom is 0.315 e. The summed E-state index contributed by atoms with van der Waals surface area (Å²) in [5.41, 5.74) is 4.99. The number of rotatable bonds is 4. The summed E-state index contributed by atoms with van der Waals surface area (Å²) in [5, 5.41) is 5.63. The van der Waals surface area contributed by atoms with Crippen molar-refractivity contribution in [2.45, 2.75) is 44.7 Å². The molecule has 1 saturated carbocycles. The first kappa shape index (κ1) is 11.2. The number of thiocarbonyl (C=S) groups is 1. The van der Waals surface area contributed by atoms with Crippen LogP contribution in [0.3, 0.4) is 0 Å². The SMILES string of the molecule is CCC(C)(NC(=O)NC1CC1)C(N)=S. The van der Waals surface area contributed by atoms with Gasteiger partial charge in [-0.15, -0.1) is 0 Å². The molecule has 14 heavy (non-hydrogen) atoms. The highest BCUT2D eigenvalue weighted by Crippen LogP contribution is 2.18. The predicted molar refractivity (Wildman–Crippen MR) is 60.2 cm³/mol. The highest BCUT2D eigenvalue weighted by Gasteiger charge is 2.30. The number of nitrogens with one attached hydrogen (secondary N) is 2. The summed E-state index contributed by atoms with van der Waals surface area (Å²) in [7, 11) is 0. The number of carbonyl (C=O) groups excluding carboxylic acids is 1. The zero-order chi connectivity index (χ0) is 10.8. The van der Waals surface area contributed by atoms with Crippen molar-refractivity contribution < 1.29 is 4.79 Å². The minimum absolute atomic E-state index is 0.176. The summed E-state index contributed by atoms with van der Waals surface area (Å²) >= 11 is 4.91. The molecule has 0 bridgehead atoms. The van der Waals surface area contributed by atoms with E-state index in [0.717, 1.165) is 12.8 Å². The Morgan fingerprint density at radius 1 is 1.64 bits per heavy atom. The molecule has 1 rings (SSSR count). The first-order valence-electron chi connectivity index (χ1n) is 4.86. The topological polar surface area (TPSA) is 67.2 Å². The van der Waals surface area contributed by atoms with Crippen molar-refractivity contribution >= 4 is 23.2 Å². The normalized spacial score (nSPS) is 19.6. The van der Waals surface area contributed by atoms with Crippen LogP contribution in [-0.2, 0) is 0 Å². The van der Waals surface area contributed by atoms with E-state index in [9.17, 15) is 4.79 Å². The second-order valence-corrected chi connectivity index (χ2v) is 4.36. The van der Waals surface area contributed by atoms with E-state index in [1.54, 1.807) is 0 Å². The van der Waals surface area contributed by atoms with Crippen LogP contribution >= 0.6 is 12.2 Å². The largest absolute Gasteiger partial charge is 0.391 e. The molecule has 4 nitrogen and oxygen atoms in total. The average molecular weight is 215 g/mol. The summed E-state index contributed by atoms with van der Waals surface area (Å²) in [5.74, 6) is 0. The second-order valence-electron chi connectivity index (χ2n) is 3.92. The third-order valence-corrected chi connectivity index (χ3v) is 3.00. The monoisotopic (exact) mass is 215 g/mol. The third kappa shape index (κ3) is 2.83. The van der Waals surface area contributed by atoms with Crippen LogP contribution in [0.25, 0.3) is 0 Å². The number of nitrogens with two attached hydrogens (primary N) is 1. The van der Waals surface area contributed by atoms with Crippen LogP contribution in [0.15, 0.2) is 0 Å². The standard InChI is InChI=1S/C9H17N3OS/c1-3-9(2,7(10)14)12-8(13)11-6-4-5-6/h6H,3-5H2,1-2H3,(H2,10,14)(H2,11,12,13). The lowest BCUT2D eigenvalue weighted by Crippen LogP contribution is -2.56. The molecule has 0 spiro atoms. The summed E-state index contributed by atoms with van der Waals surface area (Å²) in [6.45, 7) is 3.78. The molecule has 1 fully saturated rings. The minimum atomic E-state index is -0.575. The molecule has 0 aromatic rings. The van der Waals surface area contributed by atoms with E-state index < -0.39 is 5.54 Å². The van der Waals surface area contributed by atoms with E-state index in [-0.39, 0.29) is 6.03 Å². The van der Waals surface area contributed by atoms with E-state index in [2.05, 4.69) is 10.6 Å². The number of amides is 2. The molecule has 5 heteroatoms. The number of hydrogen-bond acceptors (Lipinski definition) is 2. The van der Waals surface area contributed by atoms with Crippen molar-refractivity contribution in [3.8, 4) is 0 Å². The van der Waals surface area contributed by atoms with Crippen molar-refractivity contribution in [2.75, 3.05) is 0 Å². The summed E-state index contributed by atoms with van der Waals surface area (Å²) in [4.78, 5) is 11.8. The quantitative estimate of drug-likeness (QED) is 0.610.